The fraction of sp³-hybridized carbons (Fsp3) is 0.240. The summed E-state index contributed by atoms with van der Waals surface area (Å²) in [6.45, 7) is 3.61. The standard InChI is InChI=1S/C25H30N6O2/c1-18-7-6-8-20(15-18)28-25(33)31(14-13-30(2)3)17-19-11-12-23(27-16-19)24(32)29-22-10-5-4-9-21(22)26/h4-12,15-16H,13-14,17,26H2,1-3H3,(H,28,33)(H,29,32). The third-order valence-electron chi connectivity index (χ3n) is 5.01. The van der Waals surface area contributed by atoms with Crippen LogP contribution in [0.2, 0.25) is 0 Å². The monoisotopic (exact) mass is 446 g/mol. The molecule has 0 radical (unpaired) electrons. The van der Waals surface area contributed by atoms with Gasteiger partial charge < -0.3 is 26.2 Å². The lowest BCUT2D eigenvalue weighted by molar-refractivity contribution is 0.102. The maximum absolute atomic E-state index is 13.0. The van der Waals surface area contributed by atoms with Crippen LogP contribution in [-0.2, 0) is 6.54 Å². The van der Waals surface area contributed by atoms with E-state index in [1.165, 1.54) is 0 Å². The second-order valence-corrected chi connectivity index (χ2v) is 8.12. The van der Waals surface area contributed by atoms with Gasteiger partial charge in [0.15, 0.2) is 0 Å². The van der Waals surface area contributed by atoms with E-state index in [0.29, 0.717) is 31.0 Å². The van der Waals surface area contributed by atoms with Gasteiger partial charge in [-0.2, -0.15) is 0 Å². The van der Waals surface area contributed by atoms with E-state index in [9.17, 15) is 9.59 Å². The molecule has 0 saturated carbocycles. The minimum absolute atomic E-state index is 0.191. The van der Waals surface area contributed by atoms with Crippen molar-refractivity contribution in [3.8, 4) is 0 Å². The van der Waals surface area contributed by atoms with E-state index in [1.54, 1.807) is 47.5 Å². The number of para-hydroxylation sites is 2. The van der Waals surface area contributed by atoms with E-state index < -0.39 is 0 Å². The molecular weight excluding hydrogens is 416 g/mol. The van der Waals surface area contributed by atoms with Crippen LogP contribution in [0.25, 0.3) is 0 Å². The Kier molecular flexibility index (Phi) is 7.99. The van der Waals surface area contributed by atoms with E-state index >= 15 is 0 Å². The Balaban J connectivity index is 1.68. The van der Waals surface area contributed by atoms with Gasteiger partial charge in [-0.3, -0.25) is 9.78 Å². The highest BCUT2D eigenvalue weighted by molar-refractivity contribution is 6.04. The molecule has 3 aromatic rings. The highest BCUT2D eigenvalue weighted by atomic mass is 16.2. The van der Waals surface area contributed by atoms with Crippen molar-refractivity contribution in [1.29, 1.82) is 0 Å². The van der Waals surface area contributed by atoms with Gasteiger partial charge in [-0.1, -0.05) is 30.3 Å². The van der Waals surface area contributed by atoms with E-state index in [-0.39, 0.29) is 17.6 Å². The van der Waals surface area contributed by atoms with Crippen molar-refractivity contribution in [2.75, 3.05) is 43.6 Å². The number of likely N-dealkylation sites (N-methyl/N-ethyl adjacent to an activating group) is 1. The molecule has 0 saturated heterocycles. The molecule has 4 N–H and O–H groups in total. The van der Waals surface area contributed by atoms with Crippen LogP contribution in [0.3, 0.4) is 0 Å². The third-order valence-corrected chi connectivity index (χ3v) is 5.01. The van der Waals surface area contributed by atoms with E-state index in [2.05, 4.69) is 15.6 Å². The molecule has 3 rings (SSSR count). The van der Waals surface area contributed by atoms with E-state index in [0.717, 1.165) is 16.8 Å². The summed E-state index contributed by atoms with van der Waals surface area (Å²) >= 11 is 0. The molecule has 3 amide bonds. The molecule has 0 unspecified atom stereocenters. The van der Waals surface area contributed by atoms with Crippen LogP contribution >= 0.6 is 0 Å². The Morgan fingerprint density at radius 3 is 2.42 bits per heavy atom. The molecule has 0 aliphatic heterocycles. The number of rotatable bonds is 8. The van der Waals surface area contributed by atoms with Crippen LogP contribution in [0, 0.1) is 6.92 Å². The zero-order valence-electron chi connectivity index (χ0n) is 19.2. The first-order valence-electron chi connectivity index (χ1n) is 10.7. The summed E-state index contributed by atoms with van der Waals surface area (Å²) in [7, 11) is 3.93. The number of carbonyl (C=O) groups excluding carboxylic acids is 2. The Labute approximate surface area is 194 Å². The summed E-state index contributed by atoms with van der Waals surface area (Å²) in [6, 6.07) is 18.0. The van der Waals surface area contributed by atoms with Gasteiger partial charge in [-0.05, 0) is 62.5 Å². The van der Waals surface area contributed by atoms with Crippen LogP contribution in [0.1, 0.15) is 21.6 Å². The van der Waals surface area contributed by atoms with Gasteiger partial charge in [0.1, 0.15) is 5.69 Å². The molecule has 1 aromatic heterocycles. The smallest absolute Gasteiger partial charge is 0.322 e. The van der Waals surface area contributed by atoms with Gasteiger partial charge >= 0.3 is 6.03 Å². The van der Waals surface area contributed by atoms with Gasteiger partial charge in [0.25, 0.3) is 5.91 Å². The SMILES string of the molecule is Cc1cccc(NC(=O)N(CCN(C)C)Cc2ccc(C(=O)Nc3ccccc3N)nc2)c1. The zero-order valence-corrected chi connectivity index (χ0v) is 19.2. The van der Waals surface area contributed by atoms with Gasteiger partial charge in [0.2, 0.25) is 0 Å². The molecule has 8 heteroatoms. The number of anilines is 3. The van der Waals surface area contributed by atoms with Crippen molar-refractivity contribution in [3.05, 3.63) is 83.7 Å². The number of amides is 3. The maximum Gasteiger partial charge on any atom is 0.322 e. The van der Waals surface area contributed by atoms with Crippen LogP contribution in [0.4, 0.5) is 21.9 Å². The lowest BCUT2D eigenvalue weighted by Gasteiger charge is -2.25. The summed E-state index contributed by atoms with van der Waals surface area (Å²) in [4.78, 5) is 33.5. The first-order chi connectivity index (χ1) is 15.8. The average Bonchev–Trinajstić information content (AvgIpc) is 2.78. The van der Waals surface area contributed by atoms with Gasteiger partial charge in [-0.15, -0.1) is 0 Å². The number of hydrogen-bond acceptors (Lipinski definition) is 5. The molecule has 1 heterocycles. The molecule has 0 spiro atoms. The largest absolute Gasteiger partial charge is 0.397 e. The minimum Gasteiger partial charge on any atom is -0.397 e. The third kappa shape index (κ3) is 7.05. The Morgan fingerprint density at radius 1 is 0.970 bits per heavy atom. The molecule has 0 fully saturated rings. The second kappa shape index (κ2) is 11.1. The van der Waals surface area contributed by atoms with Crippen LogP contribution in [0.15, 0.2) is 66.9 Å². The predicted octanol–water partition coefficient (Wildman–Crippen LogP) is 3.82. The van der Waals surface area contributed by atoms with Crippen molar-refractivity contribution in [1.82, 2.24) is 14.8 Å². The fourth-order valence-electron chi connectivity index (χ4n) is 3.17. The van der Waals surface area contributed by atoms with Crippen LogP contribution < -0.4 is 16.4 Å². The maximum atomic E-state index is 13.0. The topological polar surface area (TPSA) is 104 Å². The zero-order chi connectivity index (χ0) is 23.8. The molecule has 2 aromatic carbocycles. The van der Waals surface area contributed by atoms with Crippen molar-refractivity contribution >= 4 is 29.0 Å². The summed E-state index contributed by atoms with van der Waals surface area (Å²) in [6.07, 6.45) is 1.62. The Morgan fingerprint density at radius 2 is 1.76 bits per heavy atom. The molecule has 0 atom stereocenters. The number of benzene rings is 2. The first-order valence-corrected chi connectivity index (χ1v) is 10.7. The molecule has 0 bridgehead atoms. The van der Waals surface area contributed by atoms with E-state index in [1.807, 2.05) is 50.2 Å². The predicted molar refractivity (Wildman–Crippen MR) is 132 cm³/mol. The Hall–Kier alpha value is -3.91. The number of pyridine rings is 1. The van der Waals surface area contributed by atoms with E-state index in [4.69, 9.17) is 5.73 Å². The fourth-order valence-corrected chi connectivity index (χ4v) is 3.17. The number of nitrogens with zero attached hydrogens (tertiary/aromatic N) is 3. The van der Waals surface area contributed by atoms with Crippen molar-refractivity contribution < 1.29 is 9.59 Å². The number of nitrogens with two attached hydrogens (primary N) is 1. The molecule has 0 aliphatic carbocycles. The number of aromatic nitrogens is 1. The molecular formula is C25H30N6O2. The number of hydrogen-bond donors (Lipinski definition) is 3. The van der Waals surface area contributed by atoms with Gasteiger partial charge in [-0.25, -0.2) is 4.79 Å². The number of urea groups is 1. The van der Waals surface area contributed by atoms with Crippen molar-refractivity contribution in [3.63, 3.8) is 0 Å². The number of carbonyl (C=O) groups is 2. The van der Waals surface area contributed by atoms with Crippen LogP contribution in [0.5, 0.6) is 0 Å². The first kappa shape index (κ1) is 23.7. The highest BCUT2D eigenvalue weighted by Crippen LogP contribution is 2.18. The van der Waals surface area contributed by atoms with Crippen molar-refractivity contribution in [2.45, 2.75) is 13.5 Å². The lowest BCUT2D eigenvalue weighted by Crippen LogP contribution is -2.39. The highest BCUT2D eigenvalue weighted by Gasteiger charge is 2.16. The summed E-state index contributed by atoms with van der Waals surface area (Å²) in [5.41, 5.74) is 9.82. The second-order valence-electron chi connectivity index (χ2n) is 8.12. The summed E-state index contributed by atoms with van der Waals surface area (Å²) < 4.78 is 0. The van der Waals surface area contributed by atoms with Crippen molar-refractivity contribution in [2.24, 2.45) is 0 Å². The molecule has 8 nitrogen and oxygen atoms in total. The summed E-state index contributed by atoms with van der Waals surface area (Å²) in [5.74, 6) is -0.346. The minimum atomic E-state index is -0.346. The average molecular weight is 447 g/mol. The quantitative estimate of drug-likeness (QED) is 0.457. The lowest BCUT2D eigenvalue weighted by atomic mass is 10.2. The van der Waals surface area contributed by atoms with Gasteiger partial charge in [0, 0.05) is 31.5 Å². The van der Waals surface area contributed by atoms with Gasteiger partial charge in [0.05, 0.1) is 11.4 Å². The normalized spacial score (nSPS) is 10.7. The Bertz CT molecular complexity index is 1100. The molecule has 33 heavy (non-hydrogen) atoms. The molecule has 0 aliphatic rings. The number of nitrogens with one attached hydrogen (secondary N) is 2. The van der Waals surface area contributed by atoms with Crippen LogP contribution in [-0.4, -0.2) is 53.9 Å². The summed E-state index contributed by atoms with van der Waals surface area (Å²) in [5, 5.41) is 5.72. The number of nitrogen functional groups attached to an aromatic ring is 1. The molecule has 172 valence electrons. The number of aryl methyl sites for hydroxylation is 1.